The number of nitrogens with one attached hydrogen (secondary N) is 2. The lowest BCUT2D eigenvalue weighted by Crippen LogP contribution is -2.29. The SMILES string of the molecule is Cc1cc(OCc2ccccc2CNC(=O)Nc2cc(C3CC3)nn2-c2ccccc2)c(Br)c(=O)n1Cc1ccccc1. The van der Waals surface area contributed by atoms with Crippen LogP contribution in [0, 0.1) is 6.92 Å². The fourth-order valence-corrected chi connectivity index (χ4v) is 5.42. The molecule has 9 heteroatoms. The van der Waals surface area contributed by atoms with E-state index in [0.29, 0.717) is 35.0 Å². The molecule has 0 atom stereocenters. The fourth-order valence-electron chi connectivity index (χ4n) is 4.98. The number of hydrogen-bond acceptors (Lipinski definition) is 4. The van der Waals surface area contributed by atoms with Gasteiger partial charge in [0.25, 0.3) is 5.56 Å². The minimum absolute atomic E-state index is 0.148. The summed E-state index contributed by atoms with van der Waals surface area (Å²) in [5.41, 5.74) is 5.41. The van der Waals surface area contributed by atoms with Crippen LogP contribution in [-0.4, -0.2) is 20.4 Å². The summed E-state index contributed by atoms with van der Waals surface area (Å²) in [7, 11) is 0. The molecule has 1 saturated carbocycles. The number of ether oxygens (including phenoxy) is 1. The lowest BCUT2D eigenvalue weighted by molar-refractivity contribution is 0.251. The number of pyridine rings is 1. The molecule has 43 heavy (non-hydrogen) atoms. The molecule has 0 unspecified atom stereocenters. The van der Waals surface area contributed by atoms with Gasteiger partial charge in [0.1, 0.15) is 22.6 Å². The van der Waals surface area contributed by atoms with Gasteiger partial charge in [0.05, 0.1) is 17.9 Å². The predicted molar refractivity (Wildman–Crippen MR) is 171 cm³/mol. The topological polar surface area (TPSA) is 90.2 Å². The number of urea groups is 1. The van der Waals surface area contributed by atoms with Crippen LogP contribution >= 0.6 is 15.9 Å². The number of benzene rings is 3. The van der Waals surface area contributed by atoms with Crippen molar-refractivity contribution >= 4 is 27.8 Å². The van der Waals surface area contributed by atoms with Gasteiger partial charge in [-0.05, 0) is 64.5 Å². The molecular formula is C34H32BrN5O3. The van der Waals surface area contributed by atoms with Crippen molar-refractivity contribution < 1.29 is 9.53 Å². The van der Waals surface area contributed by atoms with Gasteiger partial charge in [-0.3, -0.25) is 10.1 Å². The zero-order valence-corrected chi connectivity index (χ0v) is 25.4. The summed E-state index contributed by atoms with van der Waals surface area (Å²) in [4.78, 5) is 26.2. The molecule has 1 fully saturated rings. The Morgan fingerprint density at radius 2 is 1.63 bits per heavy atom. The van der Waals surface area contributed by atoms with E-state index in [2.05, 4.69) is 26.6 Å². The van der Waals surface area contributed by atoms with Crippen molar-refractivity contribution in [1.82, 2.24) is 19.7 Å². The first kappa shape index (κ1) is 28.5. The smallest absolute Gasteiger partial charge is 0.320 e. The quantitative estimate of drug-likeness (QED) is 0.174. The Labute approximate surface area is 258 Å². The fraction of sp³-hybridized carbons (Fsp3) is 0.206. The number of amides is 2. The van der Waals surface area contributed by atoms with Crippen molar-refractivity contribution in [2.75, 3.05) is 5.32 Å². The van der Waals surface area contributed by atoms with Gasteiger partial charge in [-0.15, -0.1) is 0 Å². The van der Waals surface area contributed by atoms with Crippen molar-refractivity contribution in [3.63, 3.8) is 0 Å². The Morgan fingerprint density at radius 1 is 0.953 bits per heavy atom. The molecule has 8 nitrogen and oxygen atoms in total. The number of halogens is 1. The third-order valence-electron chi connectivity index (χ3n) is 7.51. The van der Waals surface area contributed by atoms with E-state index >= 15 is 0 Å². The summed E-state index contributed by atoms with van der Waals surface area (Å²) < 4.78 is 10.0. The molecule has 2 aromatic heterocycles. The zero-order valence-electron chi connectivity index (χ0n) is 23.8. The van der Waals surface area contributed by atoms with Crippen LogP contribution in [0.3, 0.4) is 0 Å². The monoisotopic (exact) mass is 637 g/mol. The van der Waals surface area contributed by atoms with Gasteiger partial charge >= 0.3 is 6.03 Å². The van der Waals surface area contributed by atoms with Crippen LogP contribution in [0.15, 0.2) is 106 Å². The van der Waals surface area contributed by atoms with E-state index in [1.54, 1.807) is 9.25 Å². The number of rotatable bonds is 10. The molecule has 1 aliphatic rings. The minimum atomic E-state index is -0.324. The molecule has 0 aliphatic heterocycles. The zero-order chi connectivity index (χ0) is 29.8. The highest BCUT2D eigenvalue weighted by molar-refractivity contribution is 9.10. The molecule has 6 rings (SSSR count). The summed E-state index contributed by atoms with van der Waals surface area (Å²) in [6.07, 6.45) is 2.25. The summed E-state index contributed by atoms with van der Waals surface area (Å²) in [5, 5.41) is 10.7. The number of anilines is 1. The number of carbonyl (C=O) groups excluding carboxylic acids is 1. The van der Waals surface area contributed by atoms with Gasteiger partial charge < -0.3 is 14.6 Å². The summed E-state index contributed by atoms with van der Waals surface area (Å²) in [6, 6.07) is 30.9. The largest absolute Gasteiger partial charge is 0.487 e. The normalized spacial score (nSPS) is 12.6. The number of aromatic nitrogens is 3. The van der Waals surface area contributed by atoms with E-state index in [4.69, 9.17) is 9.84 Å². The van der Waals surface area contributed by atoms with Gasteiger partial charge in [-0.2, -0.15) is 5.10 Å². The molecule has 3 aromatic carbocycles. The number of aryl methyl sites for hydroxylation is 1. The van der Waals surface area contributed by atoms with Crippen LogP contribution in [-0.2, 0) is 19.7 Å². The standard InChI is InChI=1S/C34H32BrN5O3/c1-23-18-30(32(35)33(41)39(23)21-24-10-4-2-5-11-24)43-22-27-13-9-8-12-26(27)20-36-34(42)37-31-19-29(25-16-17-25)38-40(31)28-14-6-3-7-15-28/h2-15,18-19,25H,16-17,20-22H2,1H3,(H2,36,37,42). The van der Waals surface area contributed by atoms with Crippen LogP contribution in [0.2, 0.25) is 0 Å². The van der Waals surface area contributed by atoms with E-state index in [1.165, 1.54) is 0 Å². The Bertz CT molecular complexity index is 1800. The van der Waals surface area contributed by atoms with Crippen LogP contribution in [0.25, 0.3) is 5.69 Å². The third-order valence-corrected chi connectivity index (χ3v) is 8.24. The first-order chi connectivity index (χ1) is 21.0. The number of para-hydroxylation sites is 1. The highest BCUT2D eigenvalue weighted by atomic mass is 79.9. The van der Waals surface area contributed by atoms with Gasteiger partial charge in [-0.25, -0.2) is 9.48 Å². The summed E-state index contributed by atoms with van der Waals surface area (Å²) >= 11 is 3.46. The predicted octanol–water partition coefficient (Wildman–Crippen LogP) is 6.93. The maximum atomic E-state index is 13.2. The molecule has 5 aromatic rings. The van der Waals surface area contributed by atoms with Crippen LogP contribution in [0.4, 0.5) is 10.6 Å². The Balaban J connectivity index is 1.12. The van der Waals surface area contributed by atoms with E-state index in [0.717, 1.165) is 46.6 Å². The second-order valence-corrected chi connectivity index (χ2v) is 11.5. The number of carbonyl (C=O) groups is 1. The molecule has 218 valence electrons. The molecule has 0 bridgehead atoms. The van der Waals surface area contributed by atoms with E-state index < -0.39 is 0 Å². The van der Waals surface area contributed by atoms with E-state index in [-0.39, 0.29) is 18.2 Å². The maximum Gasteiger partial charge on any atom is 0.320 e. The maximum absolute atomic E-state index is 13.2. The molecular weight excluding hydrogens is 606 g/mol. The first-order valence-electron chi connectivity index (χ1n) is 14.3. The molecule has 0 spiro atoms. The Morgan fingerprint density at radius 3 is 2.35 bits per heavy atom. The Hall–Kier alpha value is -4.63. The van der Waals surface area contributed by atoms with Gasteiger partial charge in [-0.1, -0.05) is 72.8 Å². The van der Waals surface area contributed by atoms with E-state index in [1.807, 2.05) is 104 Å². The third kappa shape index (κ3) is 6.73. The van der Waals surface area contributed by atoms with Crippen LogP contribution in [0.1, 0.15) is 46.8 Å². The highest BCUT2D eigenvalue weighted by Gasteiger charge is 2.28. The van der Waals surface area contributed by atoms with Crippen LogP contribution < -0.4 is 20.9 Å². The second kappa shape index (κ2) is 12.7. The lowest BCUT2D eigenvalue weighted by atomic mass is 10.1. The van der Waals surface area contributed by atoms with Crippen molar-refractivity contribution in [3.05, 3.63) is 140 Å². The molecule has 0 saturated heterocycles. The van der Waals surface area contributed by atoms with Crippen molar-refractivity contribution in [2.45, 2.75) is 45.4 Å². The van der Waals surface area contributed by atoms with E-state index in [9.17, 15) is 9.59 Å². The Kier molecular flexibility index (Phi) is 8.42. The minimum Gasteiger partial charge on any atom is -0.487 e. The van der Waals surface area contributed by atoms with Crippen molar-refractivity contribution in [3.8, 4) is 11.4 Å². The van der Waals surface area contributed by atoms with Crippen LogP contribution in [0.5, 0.6) is 5.75 Å². The summed E-state index contributed by atoms with van der Waals surface area (Å²) in [6.45, 7) is 2.93. The molecule has 2 heterocycles. The highest BCUT2D eigenvalue weighted by Crippen LogP contribution is 2.40. The average molecular weight is 639 g/mol. The number of nitrogens with zero attached hydrogens (tertiary/aromatic N) is 3. The molecule has 2 amide bonds. The molecule has 0 radical (unpaired) electrons. The van der Waals surface area contributed by atoms with Gasteiger partial charge in [0.15, 0.2) is 0 Å². The number of hydrogen-bond donors (Lipinski definition) is 2. The average Bonchev–Trinajstić information content (AvgIpc) is 3.80. The summed E-state index contributed by atoms with van der Waals surface area (Å²) in [5.74, 6) is 1.57. The molecule has 1 aliphatic carbocycles. The molecule has 2 N–H and O–H groups in total. The second-order valence-electron chi connectivity index (χ2n) is 10.7. The van der Waals surface area contributed by atoms with Gasteiger partial charge in [0, 0.05) is 30.3 Å². The van der Waals surface area contributed by atoms with Crippen molar-refractivity contribution in [2.24, 2.45) is 0 Å². The van der Waals surface area contributed by atoms with Crippen molar-refractivity contribution in [1.29, 1.82) is 0 Å². The van der Waals surface area contributed by atoms with Gasteiger partial charge in [0.2, 0.25) is 0 Å². The first-order valence-corrected chi connectivity index (χ1v) is 15.1. The lowest BCUT2D eigenvalue weighted by Gasteiger charge is -2.16.